The minimum Gasteiger partial charge on any atom is -0.343 e. The van der Waals surface area contributed by atoms with E-state index in [2.05, 4.69) is 15.1 Å². The van der Waals surface area contributed by atoms with Crippen LogP contribution in [0.5, 0.6) is 0 Å². The maximum atomic E-state index is 12.8. The SMILES string of the molecule is Cc1nc2c(c(C(=O)N(C)C)nn2[C@H](C)c2ccc(C(F)(F)F)cc2)c(=O)[nH]1. The molecule has 0 bridgehead atoms. The van der Waals surface area contributed by atoms with Gasteiger partial charge in [-0.15, -0.1) is 0 Å². The summed E-state index contributed by atoms with van der Waals surface area (Å²) < 4.78 is 39.8. The molecule has 3 rings (SSSR count). The summed E-state index contributed by atoms with van der Waals surface area (Å²) in [5.41, 5.74) is -0.603. The van der Waals surface area contributed by atoms with E-state index in [0.717, 1.165) is 12.1 Å². The summed E-state index contributed by atoms with van der Waals surface area (Å²) >= 11 is 0. The summed E-state index contributed by atoms with van der Waals surface area (Å²) in [6, 6.07) is 4.09. The number of aromatic amines is 1. The van der Waals surface area contributed by atoms with Crippen LogP contribution in [0, 0.1) is 6.92 Å². The zero-order valence-electron chi connectivity index (χ0n) is 15.6. The van der Waals surface area contributed by atoms with E-state index in [1.807, 2.05) is 0 Å². The van der Waals surface area contributed by atoms with Crippen molar-refractivity contribution in [3.63, 3.8) is 0 Å². The van der Waals surface area contributed by atoms with Crippen molar-refractivity contribution in [3.05, 3.63) is 57.3 Å². The monoisotopic (exact) mass is 393 g/mol. The number of aryl methyl sites for hydroxylation is 1. The molecule has 0 saturated heterocycles. The molecule has 0 aliphatic rings. The molecule has 0 radical (unpaired) electrons. The number of hydrogen-bond acceptors (Lipinski definition) is 4. The van der Waals surface area contributed by atoms with Gasteiger partial charge in [0.15, 0.2) is 11.3 Å². The third kappa shape index (κ3) is 3.37. The van der Waals surface area contributed by atoms with Crippen LogP contribution < -0.4 is 5.56 Å². The van der Waals surface area contributed by atoms with Crippen molar-refractivity contribution in [1.29, 1.82) is 0 Å². The summed E-state index contributed by atoms with van der Waals surface area (Å²) in [5.74, 6) is -0.137. The maximum absolute atomic E-state index is 12.8. The largest absolute Gasteiger partial charge is 0.416 e. The number of rotatable bonds is 3. The van der Waals surface area contributed by atoms with E-state index in [1.54, 1.807) is 13.8 Å². The Morgan fingerprint density at radius 2 is 1.82 bits per heavy atom. The molecule has 0 spiro atoms. The fraction of sp³-hybridized carbons (Fsp3) is 0.333. The summed E-state index contributed by atoms with van der Waals surface area (Å²) in [5, 5.41) is 4.33. The normalized spacial score (nSPS) is 13.0. The van der Waals surface area contributed by atoms with E-state index in [1.165, 1.54) is 35.8 Å². The molecule has 10 heteroatoms. The van der Waals surface area contributed by atoms with Gasteiger partial charge in [-0.05, 0) is 31.5 Å². The van der Waals surface area contributed by atoms with Gasteiger partial charge in [0.05, 0.1) is 11.6 Å². The lowest BCUT2D eigenvalue weighted by atomic mass is 10.1. The highest BCUT2D eigenvalue weighted by molar-refractivity contribution is 6.03. The second-order valence-electron chi connectivity index (χ2n) is 6.64. The average Bonchev–Trinajstić information content (AvgIpc) is 2.99. The molecular formula is C18H18F3N5O2. The van der Waals surface area contributed by atoms with Crippen LogP contribution in [-0.4, -0.2) is 44.7 Å². The van der Waals surface area contributed by atoms with Crippen molar-refractivity contribution < 1.29 is 18.0 Å². The molecule has 1 N–H and O–H groups in total. The molecule has 2 heterocycles. The third-order valence-corrected chi connectivity index (χ3v) is 4.38. The molecule has 1 amide bonds. The smallest absolute Gasteiger partial charge is 0.343 e. The predicted molar refractivity (Wildman–Crippen MR) is 96.2 cm³/mol. The molecule has 0 aliphatic carbocycles. The van der Waals surface area contributed by atoms with Crippen LogP contribution in [-0.2, 0) is 6.18 Å². The van der Waals surface area contributed by atoms with Gasteiger partial charge in [-0.2, -0.15) is 18.3 Å². The second-order valence-corrected chi connectivity index (χ2v) is 6.64. The number of hydrogen-bond donors (Lipinski definition) is 1. The number of carbonyl (C=O) groups is 1. The highest BCUT2D eigenvalue weighted by Gasteiger charge is 2.30. The number of alkyl halides is 3. The first kappa shape index (κ1) is 19.6. The third-order valence-electron chi connectivity index (χ3n) is 4.38. The lowest BCUT2D eigenvalue weighted by Crippen LogP contribution is -2.24. The van der Waals surface area contributed by atoms with Crippen LogP contribution in [0.4, 0.5) is 13.2 Å². The molecule has 28 heavy (non-hydrogen) atoms. The number of carbonyl (C=O) groups excluding carboxylic acids is 1. The van der Waals surface area contributed by atoms with Gasteiger partial charge in [-0.25, -0.2) is 9.67 Å². The van der Waals surface area contributed by atoms with Crippen LogP contribution in [0.1, 0.15) is 40.4 Å². The molecule has 1 aromatic carbocycles. The van der Waals surface area contributed by atoms with Gasteiger partial charge in [0.25, 0.3) is 11.5 Å². The molecular weight excluding hydrogens is 375 g/mol. The number of nitrogens with one attached hydrogen (secondary N) is 1. The summed E-state index contributed by atoms with van der Waals surface area (Å²) in [6.07, 6.45) is -4.43. The van der Waals surface area contributed by atoms with Gasteiger partial charge in [0, 0.05) is 14.1 Å². The van der Waals surface area contributed by atoms with Gasteiger partial charge in [-0.1, -0.05) is 12.1 Å². The molecule has 7 nitrogen and oxygen atoms in total. The first-order valence-electron chi connectivity index (χ1n) is 8.38. The van der Waals surface area contributed by atoms with E-state index in [-0.39, 0.29) is 16.7 Å². The second kappa shape index (κ2) is 6.77. The van der Waals surface area contributed by atoms with Crippen LogP contribution in [0.25, 0.3) is 11.0 Å². The molecule has 1 atom stereocenters. The van der Waals surface area contributed by atoms with Crippen LogP contribution in [0.15, 0.2) is 29.1 Å². The minimum atomic E-state index is -4.43. The Kier molecular flexibility index (Phi) is 4.74. The van der Waals surface area contributed by atoms with Crippen molar-refractivity contribution in [2.45, 2.75) is 26.1 Å². The number of nitrogens with zero attached hydrogens (tertiary/aromatic N) is 4. The Labute approximate surface area is 157 Å². The maximum Gasteiger partial charge on any atom is 0.416 e. The van der Waals surface area contributed by atoms with E-state index < -0.39 is 29.2 Å². The quantitative estimate of drug-likeness (QED) is 0.742. The van der Waals surface area contributed by atoms with Gasteiger partial charge in [-0.3, -0.25) is 9.59 Å². The molecule has 0 aliphatic heterocycles. The number of amides is 1. The minimum absolute atomic E-state index is 0.0445. The zero-order valence-corrected chi connectivity index (χ0v) is 15.6. The number of H-pyrrole nitrogens is 1. The topological polar surface area (TPSA) is 83.9 Å². The first-order valence-corrected chi connectivity index (χ1v) is 8.38. The lowest BCUT2D eigenvalue weighted by Gasteiger charge is -2.15. The van der Waals surface area contributed by atoms with Crippen LogP contribution >= 0.6 is 0 Å². The molecule has 0 saturated carbocycles. The first-order chi connectivity index (χ1) is 13.0. The summed E-state index contributed by atoms with van der Waals surface area (Å²) in [6.45, 7) is 3.30. The van der Waals surface area contributed by atoms with Gasteiger partial charge in [0.1, 0.15) is 11.2 Å². The Balaban J connectivity index is 2.17. The highest BCUT2D eigenvalue weighted by Crippen LogP contribution is 2.31. The van der Waals surface area contributed by atoms with Crippen molar-refractivity contribution in [2.75, 3.05) is 14.1 Å². The van der Waals surface area contributed by atoms with Crippen molar-refractivity contribution in [2.24, 2.45) is 0 Å². The predicted octanol–water partition coefficient (Wildman–Crippen LogP) is 2.76. The number of aromatic nitrogens is 4. The molecule has 0 fully saturated rings. The fourth-order valence-corrected chi connectivity index (χ4v) is 2.88. The lowest BCUT2D eigenvalue weighted by molar-refractivity contribution is -0.137. The van der Waals surface area contributed by atoms with Gasteiger partial charge in [0.2, 0.25) is 0 Å². The highest BCUT2D eigenvalue weighted by atomic mass is 19.4. The Hall–Kier alpha value is -3.17. The molecule has 148 valence electrons. The van der Waals surface area contributed by atoms with Crippen molar-refractivity contribution >= 4 is 16.9 Å². The standard InChI is InChI=1S/C18H18F3N5O2/c1-9(11-5-7-12(8-6-11)18(19,20)21)26-15-13(16(27)23-10(2)22-15)14(24-26)17(28)25(3)4/h5-9H,1-4H3,(H,22,23,27)/t9-/m1/s1. The van der Waals surface area contributed by atoms with Crippen molar-refractivity contribution in [1.82, 2.24) is 24.6 Å². The summed E-state index contributed by atoms with van der Waals surface area (Å²) in [7, 11) is 3.06. The van der Waals surface area contributed by atoms with Crippen LogP contribution in [0.2, 0.25) is 0 Å². The average molecular weight is 393 g/mol. The Morgan fingerprint density at radius 1 is 1.21 bits per heavy atom. The zero-order chi connectivity index (χ0) is 20.8. The Bertz CT molecular complexity index is 1100. The van der Waals surface area contributed by atoms with Crippen LogP contribution in [0.3, 0.4) is 0 Å². The van der Waals surface area contributed by atoms with Gasteiger partial charge < -0.3 is 9.88 Å². The Morgan fingerprint density at radius 3 is 2.36 bits per heavy atom. The van der Waals surface area contributed by atoms with E-state index in [9.17, 15) is 22.8 Å². The number of benzene rings is 1. The molecule has 0 unspecified atom stereocenters. The number of fused-ring (bicyclic) bond motifs is 1. The molecule has 2 aromatic heterocycles. The van der Waals surface area contributed by atoms with Gasteiger partial charge >= 0.3 is 6.18 Å². The van der Waals surface area contributed by atoms with E-state index in [0.29, 0.717) is 11.4 Å². The summed E-state index contributed by atoms with van der Waals surface area (Å²) in [4.78, 5) is 33.0. The van der Waals surface area contributed by atoms with E-state index in [4.69, 9.17) is 0 Å². The van der Waals surface area contributed by atoms with E-state index >= 15 is 0 Å². The number of halogens is 3. The fourth-order valence-electron chi connectivity index (χ4n) is 2.88. The molecule has 3 aromatic rings. The van der Waals surface area contributed by atoms with Crippen molar-refractivity contribution in [3.8, 4) is 0 Å².